The van der Waals surface area contributed by atoms with Crippen LogP contribution in [-0.4, -0.2) is 127 Å². The van der Waals surface area contributed by atoms with Gasteiger partial charge in [-0.05, 0) is 106 Å². The second kappa shape index (κ2) is 27.2. The number of hydrogen-bond acceptors (Lipinski definition) is 17. The second-order valence-electron chi connectivity index (χ2n) is 22.1. The van der Waals surface area contributed by atoms with Crippen LogP contribution >= 0.6 is 11.6 Å². The number of hydrogen-bond donors (Lipinski definition) is 2. The number of carbonyl (C=O) groups excluding carboxylic acids is 6. The largest absolute Gasteiger partial charge is 0.465 e. The van der Waals surface area contributed by atoms with Gasteiger partial charge < -0.3 is 67.4 Å². The third-order valence-electron chi connectivity index (χ3n) is 15.1. The number of halogens is 1. The summed E-state index contributed by atoms with van der Waals surface area (Å²) >= 11 is 4.97. The highest BCUT2D eigenvalue weighted by Crippen LogP contribution is 2.51. The Morgan fingerprint density at radius 3 is 1.37 bits per heavy atom. The molecule has 2 N–H and O–H groups in total. The maximum absolute atomic E-state index is 13.1. The van der Waals surface area contributed by atoms with E-state index in [4.69, 9.17) is 67.4 Å². The van der Waals surface area contributed by atoms with E-state index in [0.29, 0.717) is 53.9 Å². The summed E-state index contributed by atoms with van der Waals surface area (Å²) in [6, 6.07) is 13.7. The van der Waals surface area contributed by atoms with Gasteiger partial charge in [-0.2, -0.15) is 0 Å². The van der Waals surface area contributed by atoms with Crippen LogP contribution in [0.15, 0.2) is 54.6 Å². The predicted octanol–water partition coefficient (Wildman–Crippen LogP) is 8.68. The Morgan fingerprint density at radius 2 is 0.963 bits per heavy atom. The molecule has 9 atom stereocenters. The first kappa shape index (κ1) is 63.8. The topological polar surface area (TPSA) is 225 Å². The van der Waals surface area contributed by atoms with Crippen LogP contribution in [0.4, 0.5) is 0 Å². The molecule has 1 unspecified atom stereocenters. The number of nitrogens with one attached hydrogen (secondary N) is 2. The van der Waals surface area contributed by atoms with Crippen LogP contribution in [-0.2, 0) is 43.0 Å². The van der Waals surface area contributed by atoms with Gasteiger partial charge in [0.1, 0.15) is 30.2 Å². The quantitative estimate of drug-likeness (QED) is 0.0706. The van der Waals surface area contributed by atoms with Gasteiger partial charge in [-0.15, -0.1) is 0 Å². The summed E-state index contributed by atoms with van der Waals surface area (Å²) in [6.07, 6.45) is 1.13. The molecular weight excluding hydrogens is 1080 g/mol. The first-order valence-corrected chi connectivity index (χ1v) is 28.0. The second-order valence-corrected chi connectivity index (χ2v) is 22.4. The number of amides is 2. The fourth-order valence-electron chi connectivity index (χ4n) is 10.8. The van der Waals surface area contributed by atoms with E-state index >= 15 is 0 Å². The first-order chi connectivity index (χ1) is 38.8. The van der Waals surface area contributed by atoms with E-state index < -0.39 is 46.8 Å². The van der Waals surface area contributed by atoms with Gasteiger partial charge in [0.2, 0.25) is 37.4 Å². The molecule has 22 heteroatoms. The van der Waals surface area contributed by atoms with Crippen molar-refractivity contribution >= 4 is 46.6 Å². The maximum atomic E-state index is 13.1. The van der Waals surface area contributed by atoms with Crippen LogP contribution in [0.2, 0.25) is 0 Å². The molecule has 2 amide bonds. The van der Waals surface area contributed by atoms with Crippen molar-refractivity contribution in [2.75, 3.05) is 47.2 Å². The fourth-order valence-corrected chi connectivity index (χ4v) is 10.8. The Hall–Kier alpha value is -7.33. The lowest BCUT2D eigenvalue weighted by Gasteiger charge is -2.37. The zero-order valence-corrected chi connectivity index (χ0v) is 49.8. The van der Waals surface area contributed by atoms with Crippen LogP contribution in [0.3, 0.4) is 0 Å². The van der Waals surface area contributed by atoms with E-state index in [-0.39, 0.29) is 98.8 Å². The van der Waals surface area contributed by atoms with E-state index in [1.165, 1.54) is 4.90 Å². The predicted molar refractivity (Wildman–Crippen MR) is 301 cm³/mol. The van der Waals surface area contributed by atoms with Crippen molar-refractivity contribution in [2.45, 2.75) is 155 Å². The molecule has 3 saturated heterocycles. The Bertz CT molecular complexity index is 2930. The van der Waals surface area contributed by atoms with Crippen molar-refractivity contribution in [3.8, 4) is 34.5 Å². The van der Waals surface area contributed by atoms with Crippen molar-refractivity contribution in [3.05, 3.63) is 94.1 Å². The summed E-state index contributed by atoms with van der Waals surface area (Å²) in [7, 11) is 1.85. The van der Waals surface area contributed by atoms with Crippen LogP contribution in [0.1, 0.15) is 137 Å². The molecule has 6 aliphatic heterocycles. The van der Waals surface area contributed by atoms with Crippen molar-refractivity contribution in [1.29, 1.82) is 0 Å². The molecule has 0 aromatic heterocycles. The van der Waals surface area contributed by atoms with Gasteiger partial charge in [0.15, 0.2) is 34.5 Å². The number of carbonyl (C=O) groups is 6. The molecule has 0 saturated carbocycles. The molecule has 0 bridgehead atoms. The van der Waals surface area contributed by atoms with E-state index in [2.05, 4.69) is 20.3 Å². The van der Waals surface area contributed by atoms with Crippen LogP contribution in [0.5, 0.6) is 34.5 Å². The molecule has 444 valence electrons. The number of rotatable bonds is 13. The normalized spacial score (nSPS) is 25.8. The third-order valence-corrected chi connectivity index (χ3v) is 15.6. The minimum atomic E-state index is -0.949. The van der Waals surface area contributed by atoms with Gasteiger partial charge in [0.25, 0.3) is 11.1 Å². The van der Waals surface area contributed by atoms with Gasteiger partial charge >= 0.3 is 17.9 Å². The fraction of sp³-hybridized carbons (Fsp3) is 0.567. The zero-order chi connectivity index (χ0) is 60.4. The lowest BCUT2D eigenvalue weighted by Crippen LogP contribution is -2.48. The number of nitrogens with zero attached hydrogens (tertiary/aromatic N) is 4. The summed E-state index contributed by atoms with van der Waals surface area (Å²) in [6.45, 7) is 38.4. The molecular formula is C60H77ClN6O15. The highest BCUT2D eigenvalue weighted by Gasteiger charge is 2.60. The van der Waals surface area contributed by atoms with Gasteiger partial charge in [-0.1, -0.05) is 59.7 Å². The lowest BCUT2D eigenvalue weighted by atomic mass is 9.86. The number of benzene rings is 3. The monoisotopic (exact) mass is 1160 g/mol. The average Bonchev–Trinajstić information content (AvgIpc) is 4.54. The summed E-state index contributed by atoms with van der Waals surface area (Å²) in [5.74, 6) is 1.96. The highest BCUT2D eigenvalue weighted by molar-refractivity contribution is 6.63. The van der Waals surface area contributed by atoms with E-state index in [9.17, 15) is 28.8 Å². The van der Waals surface area contributed by atoms with Gasteiger partial charge in [-0.3, -0.25) is 24.5 Å². The standard InChI is InChI=1S/C20H28N2O5.C20H24N2O5.C16H18N2O4.C4H7ClO/c2*1-6-25-19(24)14-10-20(4,21-5)17(22(14)18(23)12(2)3)13-7-8-15-16(9-13)27-11-26-15;1-4-20-15(19)11-8-16(2,17-3)14(18-11)10-5-6-12-13(7-10)22-9-21-12;1-3(2)4(5)6/h7-9,12,14,17,21H,6,10-11H2,1-5H3;7-9,12,14,17H,6,10-11H2,1-4H3;5-7,11,14,18H,4,8-9H2,1-2H3;3H,1-2H3/t2*14-,17-,20-;11-,14?,16-;/m100./s1. The summed E-state index contributed by atoms with van der Waals surface area (Å²) in [5, 5.41) is 6.30. The minimum Gasteiger partial charge on any atom is -0.465 e. The van der Waals surface area contributed by atoms with E-state index in [1.54, 1.807) is 72.4 Å². The van der Waals surface area contributed by atoms with Crippen molar-refractivity contribution in [2.24, 2.45) is 17.8 Å². The van der Waals surface area contributed by atoms with Crippen LogP contribution < -0.4 is 39.1 Å². The molecule has 0 spiro atoms. The summed E-state index contributed by atoms with van der Waals surface area (Å²) in [4.78, 5) is 84.1. The van der Waals surface area contributed by atoms with Crippen molar-refractivity contribution in [1.82, 2.24) is 20.4 Å². The van der Waals surface area contributed by atoms with Crippen molar-refractivity contribution in [3.63, 3.8) is 0 Å². The summed E-state index contributed by atoms with van der Waals surface area (Å²) in [5.41, 5.74) is 0.418. The highest BCUT2D eigenvalue weighted by atomic mass is 35.5. The smallest absolute Gasteiger partial charge is 0.329 e. The number of likely N-dealkylation sites (tertiary alicyclic amines) is 2. The van der Waals surface area contributed by atoms with E-state index in [1.807, 2.05) is 77.2 Å². The molecule has 21 nitrogen and oxygen atoms in total. The van der Waals surface area contributed by atoms with Gasteiger partial charge in [-0.25, -0.2) is 22.7 Å². The third kappa shape index (κ3) is 13.8. The minimum absolute atomic E-state index is 0.0216. The average molecular weight is 1160 g/mol. The Balaban J connectivity index is 0.000000189. The van der Waals surface area contributed by atoms with Crippen LogP contribution in [0.25, 0.3) is 9.69 Å². The molecule has 0 radical (unpaired) electrons. The Kier molecular flexibility index (Phi) is 21.2. The molecule has 0 aliphatic carbocycles. The summed E-state index contributed by atoms with van der Waals surface area (Å²) < 4.78 is 48.0. The molecule has 6 heterocycles. The molecule has 6 aliphatic rings. The number of likely N-dealkylation sites (N-methyl/N-ethyl adjacent to an activating group) is 1. The molecule has 3 fully saturated rings. The first-order valence-electron chi connectivity index (χ1n) is 27.6. The SMILES string of the molecule is CC(C)C(=O)Cl.CCOC(=O)[C@H]1C[C@@](C)(NC)[C@@H](c2ccc3c(c2)OCO3)N1C(=O)C(C)C.[C-]#[N+][C@@]1(C)C[C@@H](C(=O)OCC)N(C(=O)C(C)C)[C@H]1c1ccc2c(c1)OCO2.[C-]#[N+][C@@]1(C)C[C@@H](C(=O)OCC)NC1c1ccc2c(c1)OCO2. The lowest BCUT2D eigenvalue weighted by molar-refractivity contribution is -0.155. The number of ether oxygens (including phenoxy) is 9. The molecule has 82 heavy (non-hydrogen) atoms. The Morgan fingerprint density at radius 1 is 0.585 bits per heavy atom. The molecule has 9 rings (SSSR count). The van der Waals surface area contributed by atoms with E-state index in [0.717, 1.165) is 16.7 Å². The molecule has 3 aromatic rings. The Labute approximate surface area is 485 Å². The van der Waals surface area contributed by atoms with Gasteiger partial charge in [0.05, 0.1) is 38.7 Å². The zero-order valence-electron chi connectivity index (χ0n) is 49.0. The number of esters is 3. The molecule has 3 aromatic carbocycles. The number of fused-ring (bicyclic) bond motifs is 3. The van der Waals surface area contributed by atoms with Gasteiger partial charge in [0, 0.05) is 37.1 Å². The van der Waals surface area contributed by atoms with Crippen LogP contribution in [0, 0.1) is 30.9 Å². The maximum Gasteiger partial charge on any atom is 0.329 e. The van der Waals surface area contributed by atoms with Crippen molar-refractivity contribution < 1.29 is 71.4 Å².